The Hall–Kier alpha value is -1.88. The van der Waals surface area contributed by atoms with E-state index in [1.165, 1.54) is 5.56 Å². The van der Waals surface area contributed by atoms with Crippen LogP contribution in [0.4, 0.5) is 0 Å². The van der Waals surface area contributed by atoms with E-state index in [0.29, 0.717) is 25.7 Å². The maximum Gasteiger partial charge on any atom is 0.191 e. The van der Waals surface area contributed by atoms with E-state index in [-0.39, 0.29) is 30.1 Å². The van der Waals surface area contributed by atoms with Crippen LogP contribution in [0.25, 0.3) is 0 Å². The number of halogens is 1. The van der Waals surface area contributed by atoms with Crippen molar-refractivity contribution in [2.45, 2.75) is 32.5 Å². The van der Waals surface area contributed by atoms with E-state index in [1.54, 1.807) is 13.4 Å². The largest absolute Gasteiger partial charge is 0.488 e. The first-order chi connectivity index (χ1) is 12.7. The van der Waals surface area contributed by atoms with Crippen molar-refractivity contribution in [3.8, 4) is 5.75 Å². The van der Waals surface area contributed by atoms with Crippen molar-refractivity contribution in [2.24, 2.45) is 12.0 Å². The third-order valence-corrected chi connectivity index (χ3v) is 4.29. The van der Waals surface area contributed by atoms with Gasteiger partial charge in [-0.05, 0) is 18.6 Å². The zero-order valence-electron chi connectivity index (χ0n) is 15.9. The molecule has 148 valence electrons. The topological polar surface area (TPSA) is 85.6 Å². The van der Waals surface area contributed by atoms with Gasteiger partial charge in [-0.15, -0.1) is 34.2 Å². The molecule has 1 saturated heterocycles. The number of guanidine groups is 1. The maximum absolute atomic E-state index is 6.14. The molecule has 3 rings (SSSR count). The van der Waals surface area contributed by atoms with Gasteiger partial charge in [0.1, 0.15) is 18.2 Å². The summed E-state index contributed by atoms with van der Waals surface area (Å²) in [6.45, 7) is 4.65. The van der Waals surface area contributed by atoms with Crippen LogP contribution in [0.15, 0.2) is 29.5 Å². The molecule has 8 nitrogen and oxygen atoms in total. The van der Waals surface area contributed by atoms with E-state index in [1.807, 2.05) is 11.6 Å². The highest BCUT2D eigenvalue weighted by atomic mass is 127. The Morgan fingerprint density at radius 3 is 2.85 bits per heavy atom. The molecule has 0 spiro atoms. The van der Waals surface area contributed by atoms with Crippen molar-refractivity contribution >= 4 is 29.9 Å². The molecule has 1 aromatic heterocycles. The highest BCUT2D eigenvalue weighted by Crippen LogP contribution is 2.23. The summed E-state index contributed by atoms with van der Waals surface area (Å²) in [5, 5.41) is 14.5. The van der Waals surface area contributed by atoms with Gasteiger partial charge in [-0.3, -0.25) is 4.99 Å². The fraction of sp³-hybridized carbons (Fsp3) is 0.500. The van der Waals surface area contributed by atoms with Crippen LogP contribution in [-0.4, -0.2) is 47.1 Å². The quantitative estimate of drug-likeness (QED) is 0.368. The lowest BCUT2D eigenvalue weighted by Crippen LogP contribution is -2.37. The van der Waals surface area contributed by atoms with E-state index in [0.717, 1.165) is 30.2 Å². The lowest BCUT2D eigenvalue weighted by atomic mass is 10.1. The standard InChI is InChI=1S/C18H26N6O2.HI/c1-13-4-5-14(16(8-13)26-15-6-7-25-11-15)9-20-18(19-2)21-10-17-23-22-12-24(17)3;/h4-5,8,12,15H,6-7,9-11H2,1-3H3,(H2,19,20,21);1H. The lowest BCUT2D eigenvalue weighted by molar-refractivity contribution is 0.140. The van der Waals surface area contributed by atoms with E-state index in [2.05, 4.69) is 50.9 Å². The number of aliphatic imine (C=N–C) groups is 1. The lowest BCUT2D eigenvalue weighted by Gasteiger charge is -2.18. The molecule has 0 bridgehead atoms. The van der Waals surface area contributed by atoms with Gasteiger partial charge in [0.25, 0.3) is 0 Å². The van der Waals surface area contributed by atoms with Crippen molar-refractivity contribution in [3.63, 3.8) is 0 Å². The molecule has 0 amide bonds. The summed E-state index contributed by atoms with van der Waals surface area (Å²) in [6.07, 6.45) is 2.74. The van der Waals surface area contributed by atoms with Crippen LogP contribution in [0.1, 0.15) is 23.4 Å². The fourth-order valence-corrected chi connectivity index (χ4v) is 2.73. The molecule has 2 heterocycles. The summed E-state index contributed by atoms with van der Waals surface area (Å²) in [5.74, 6) is 2.44. The number of ether oxygens (including phenoxy) is 2. The molecule has 1 aromatic carbocycles. The predicted octanol–water partition coefficient (Wildman–Crippen LogP) is 1.77. The van der Waals surface area contributed by atoms with E-state index in [4.69, 9.17) is 9.47 Å². The molecule has 0 saturated carbocycles. The fourth-order valence-electron chi connectivity index (χ4n) is 2.73. The highest BCUT2D eigenvalue weighted by Gasteiger charge is 2.18. The minimum absolute atomic E-state index is 0. The van der Waals surface area contributed by atoms with E-state index in [9.17, 15) is 0 Å². The highest BCUT2D eigenvalue weighted by molar-refractivity contribution is 14.0. The van der Waals surface area contributed by atoms with Crippen molar-refractivity contribution in [2.75, 3.05) is 20.3 Å². The van der Waals surface area contributed by atoms with Gasteiger partial charge in [0.15, 0.2) is 11.8 Å². The normalized spacial score (nSPS) is 16.7. The van der Waals surface area contributed by atoms with E-state index >= 15 is 0 Å². The molecule has 27 heavy (non-hydrogen) atoms. The van der Waals surface area contributed by atoms with Gasteiger partial charge in [-0.1, -0.05) is 12.1 Å². The number of nitrogens with zero attached hydrogens (tertiary/aromatic N) is 4. The number of aromatic nitrogens is 3. The summed E-state index contributed by atoms with van der Waals surface area (Å²) < 4.78 is 13.4. The molecule has 1 atom stereocenters. The van der Waals surface area contributed by atoms with Gasteiger partial charge in [-0.2, -0.15) is 0 Å². The minimum Gasteiger partial charge on any atom is -0.488 e. The average Bonchev–Trinajstić information content (AvgIpc) is 3.28. The molecular weight excluding hydrogens is 459 g/mol. The minimum atomic E-state index is 0. The second-order valence-electron chi connectivity index (χ2n) is 6.35. The summed E-state index contributed by atoms with van der Waals surface area (Å²) >= 11 is 0. The van der Waals surface area contributed by atoms with Gasteiger partial charge < -0.3 is 24.7 Å². The molecule has 0 aliphatic carbocycles. The predicted molar refractivity (Wildman–Crippen MR) is 114 cm³/mol. The summed E-state index contributed by atoms with van der Waals surface area (Å²) in [7, 11) is 3.66. The van der Waals surface area contributed by atoms with Crippen LogP contribution in [0, 0.1) is 6.92 Å². The molecule has 2 N–H and O–H groups in total. The summed E-state index contributed by atoms with van der Waals surface area (Å²) in [6, 6.07) is 6.25. The number of rotatable bonds is 6. The third kappa shape index (κ3) is 6.06. The Bertz CT molecular complexity index is 758. The summed E-state index contributed by atoms with van der Waals surface area (Å²) in [4.78, 5) is 4.26. The number of nitrogens with one attached hydrogen (secondary N) is 2. The number of benzene rings is 1. The van der Waals surface area contributed by atoms with Gasteiger partial charge in [0, 0.05) is 32.6 Å². The zero-order valence-corrected chi connectivity index (χ0v) is 18.3. The zero-order chi connectivity index (χ0) is 18.4. The van der Waals surface area contributed by atoms with Crippen LogP contribution in [0.2, 0.25) is 0 Å². The molecule has 9 heteroatoms. The SMILES string of the molecule is CN=C(NCc1ccc(C)cc1OC1CCOC1)NCc1nncn1C.I. The molecule has 1 aliphatic heterocycles. The second-order valence-corrected chi connectivity index (χ2v) is 6.35. The molecule has 1 aliphatic rings. The van der Waals surface area contributed by atoms with Crippen LogP contribution in [-0.2, 0) is 24.9 Å². The number of hydrogen-bond acceptors (Lipinski definition) is 5. The molecule has 1 unspecified atom stereocenters. The van der Waals surface area contributed by atoms with Crippen molar-refractivity contribution in [3.05, 3.63) is 41.5 Å². The van der Waals surface area contributed by atoms with Crippen LogP contribution < -0.4 is 15.4 Å². The summed E-state index contributed by atoms with van der Waals surface area (Å²) in [5.41, 5.74) is 2.26. The monoisotopic (exact) mass is 486 g/mol. The van der Waals surface area contributed by atoms with E-state index < -0.39 is 0 Å². The molecule has 0 radical (unpaired) electrons. The van der Waals surface area contributed by atoms with Gasteiger partial charge in [-0.25, -0.2) is 0 Å². The average molecular weight is 486 g/mol. The first-order valence-corrected chi connectivity index (χ1v) is 8.77. The Morgan fingerprint density at radius 1 is 1.37 bits per heavy atom. The maximum atomic E-state index is 6.14. The van der Waals surface area contributed by atoms with Crippen molar-refractivity contribution in [1.29, 1.82) is 0 Å². The van der Waals surface area contributed by atoms with Gasteiger partial charge in [0.2, 0.25) is 0 Å². The second kappa shape index (κ2) is 10.5. The Kier molecular flexibility index (Phi) is 8.29. The smallest absolute Gasteiger partial charge is 0.191 e. The van der Waals surface area contributed by atoms with Crippen LogP contribution in [0.3, 0.4) is 0 Å². The number of hydrogen-bond donors (Lipinski definition) is 2. The Balaban J connectivity index is 0.00000261. The van der Waals surface area contributed by atoms with Gasteiger partial charge >= 0.3 is 0 Å². The first kappa shape index (κ1) is 21.4. The molecule has 2 aromatic rings. The van der Waals surface area contributed by atoms with Crippen LogP contribution in [0.5, 0.6) is 5.75 Å². The Labute approximate surface area is 176 Å². The van der Waals surface area contributed by atoms with Crippen molar-refractivity contribution < 1.29 is 9.47 Å². The molecule has 1 fully saturated rings. The Morgan fingerprint density at radius 2 is 2.19 bits per heavy atom. The van der Waals surface area contributed by atoms with Gasteiger partial charge in [0.05, 0.1) is 19.8 Å². The van der Waals surface area contributed by atoms with Crippen LogP contribution >= 0.6 is 24.0 Å². The third-order valence-electron chi connectivity index (χ3n) is 4.29. The number of aryl methyl sites for hydroxylation is 2. The first-order valence-electron chi connectivity index (χ1n) is 8.77. The molecular formula is C18H27IN6O2. The van der Waals surface area contributed by atoms with Crippen molar-refractivity contribution in [1.82, 2.24) is 25.4 Å².